The van der Waals surface area contributed by atoms with Gasteiger partial charge >= 0.3 is 0 Å². The molecule has 0 saturated carbocycles. The standard InChI is InChI=1S/C14H14FN5/c1-3-17-13-9(2)14(19-8-18-13)20-12-6-4-5-11(15)10(12)7-16/h4-6,8H,3H2,1-2H3,(H2,17,18,19,20). The number of nitrogens with one attached hydrogen (secondary N) is 2. The van der Waals surface area contributed by atoms with E-state index in [0.29, 0.717) is 17.3 Å². The van der Waals surface area contributed by atoms with Gasteiger partial charge in [-0.1, -0.05) is 6.07 Å². The summed E-state index contributed by atoms with van der Waals surface area (Å²) in [5.74, 6) is 0.689. The summed E-state index contributed by atoms with van der Waals surface area (Å²) in [7, 11) is 0. The van der Waals surface area contributed by atoms with Gasteiger partial charge in [0.1, 0.15) is 35.4 Å². The Bertz CT molecular complexity index is 663. The van der Waals surface area contributed by atoms with Crippen molar-refractivity contribution < 1.29 is 4.39 Å². The van der Waals surface area contributed by atoms with E-state index in [1.165, 1.54) is 12.4 Å². The van der Waals surface area contributed by atoms with Crippen LogP contribution < -0.4 is 10.6 Å². The highest BCUT2D eigenvalue weighted by molar-refractivity contribution is 5.69. The Morgan fingerprint density at radius 2 is 2.05 bits per heavy atom. The quantitative estimate of drug-likeness (QED) is 0.894. The fourth-order valence-electron chi connectivity index (χ4n) is 1.79. The second-order valence-electron chi connectivity index (χ2n) is 4.13. The maximum atomic E-state index is 13.5. The third-order valence-electron chi connectivity index (χ3n) is 2.81. The highest BCUT2D eigenvalue weighted by Crippen LogP contribution is 2.25. The van der Waals surface area contributed by atoms with Crippen LogP contribution in [0.25, 0.3) is 0 Å². The van der Waals surface area contributed by atoms with Gasteiger partial charge in [0.15, 0.2) is 0 Å². The summed E-state index contributed by atoms with van der Waals surface area (Å²) in [4.78, 5) is 8.26. The topological polar surface area (TPSA) is 73.6 Å². The van der Waals surface area contributed by atoms with E-state index >= 15 is 0 Å². The lowest BCUT2D eigenvalue weighted by atomic mass is 10.1. The molecule has 0 aliphatic carbocycles. The van der Waals surface area contributed by atoms with Crippen LogP contribution in [0.3, 0.4) is 0 Å². The van der Waals surface area contributed by atoms with Crippen molar-refractivity contribution in [3.63, 3.8) is 0 Å². The number of benzene rings is 1. The van der Waals surface area contributed by atoms with Gasteiger partial charge in [-0.2, -0.15) is 5.26 Å². The zero-order valence-corrected chi connectivity index (χ0v) is 11.2. The van der Waals surface area contributed by atoms with Crippen LogP contribution in [0, 0.1) is 24.1 Å². The Morgan fingerprint density at radius 1 is 1.30 bits per heavy atom. The summed E-state index contributed by atoms with van der Waals surface area (Å²) in [6.45, 7) is 4.56. The molecule has 0 bridgehead atoms. The van der Waals surface area contributed by atoms with Gasteiger partial charge in [-0.3, -0.25) is 0 Å². The molecule has 1 aromatic heterocycles. The van der Waals surface area contributed by atoms with E-state index in [2.05, 4.69) is 20.6 Å². The predicted octanol–water partition coefficient (Wildman–Crippen LogP) is 2.97. The Balaban J connectivity index is 2.39. The number of nitriles is 1. The minimum Gasteiger partial charge on any atom is -0.370 e. The first kappa shape index (κ1) is 13.7. The van der Waals surface area contributed by atoms with Crippen molar-refractivity contribution in [2.75, 3.05) is 17.2 Å². The fraction of sp³-hybridized carbons (Fsp3) is 0.214. The predicted molar refractivity (Wildman–Crippen MR) is 75.3 cm³/mol. The van der Waals surface area contributed by atoms with Crippen molar-refractivity contribution in [3.8, 4) is 6.07 Å². The summed E-state index contributed by atoms with van der Waals surface area (Å²) in [6, 6.07) is 6.27. The lowest BCUT2D eigenvalue weighted by Gasteiger charge is -2.12. The fourth-order valence-corrected chi connectivity index (χ4v) is 1.79. The molecule has 2 N–H and O–H groups in total. The number of hydrogen-bond acceptors (Lipinski definition) is 5. The monoisotopic (exact) mass is 271 g/mol. The smallest absolute Gasteiger partial charge is 0.143 e. The van der Waals surface area contributed by atoms with Crippen molar-refractivity contribution in [2.24, 2.45) is 0 Å². The summed E-state index contributed by atoms with van der Waals surface area (Å²) in [5.41, 5.74) is 1.16. The van der Waals surface area contributed by atoms with Gasteiger partial charge in [0, 0.05) is 12.1 Å². The number of anilines is 3. The molecule has 6 heteroatoms. The molecule has 0 atom stereocenters. The second kappa shape index (κ2) is 5.97. The molecule has 1 aromatic carbocycles. The van der Waals surface area contributed by atoms with E-state index in [4.69, 9.17) is 5.26 Å². The van der Waals surface area contributed by atoms with E-state index in [1.54, 1.807) is 12.1 Å². The molecular weight excluding hydrogens is 257 g/mol. The van der Waals surface area contributed by atoms with E-state index < -0.39 is 5.82 Å². The zero-order valence-electron chi connectivity index (χ0n) is 11.2. The van der Waals surface area contributed by atoms with Crippen LogP contribution in [0.15, 0.2) is 24.5 Å². The lowest BCUT2D eigenvalue weighted by molar-refractivity contribution is 0.624. The van der Waals surface area contributed by atoms with Gasteiger partial charge < -0.3 is 10.6 Å². The average Bonchev–Trinajstić information content (AvgIpc) is 2.44. The first-order valence-corrected chi connectivity index (χ1v) is 6.18. The molecule has 0 unspecified atom stereocenters. The van der Waals surface area contributed by atoms with Gasteiger partial charge in [-0.15, -0.1) is 0 Å². The van der Waals surface area contributed by atoms with Crippen molar-refractivity contribution in [3.05, 3.63) is 41.5 Å². The summed E-state index contributed by atoms with van der Waals surface area (Å²) >= 11 is 0. The van der Waals surface area contributed by atoms with Crippen molar-refractivity contribution in [2.45, 2.75) is 13.8 Å². The number of rotatable bonds is 4. The van der Waals surface area contributed by atoms with Crippen molar-refractivity contribution in [1.29, 1.82) is 5.26 Å². The molecule has 2 aromatic rings. The third-order valence-corrected chi connectivity index (χ3v) is 2.81. The number of aromatic nitrogens is 2. The third kappa shape index (κ3) is 2.67. The SMILES string of the molecule is CCNc1ncnc(Nc2cccc(F)c2C#N)c1C. The largest absolute Gasteiger partial charge is 0.370 e. The molecule has 0 amide bonds. The maximum absolute atomic E-state index is 13.5. The highest BCUT2D eigenvalue weighted by atomic mass is 19.1. The van der Waals surface area contributed by atoms with Crippen LogP contribution in [0.4, 0.5) is 21.7 Å². The van der Waals surface area contributed by atoms with Crippen molar-refractivity contribution in [1.82, 2.24) is 9.97 Å². The van der Waals surface area contributed by atoms with Gasteiger partial charge in [-0.05, 0) is 26.0 Å². The van der Waals surface area contributed by atoms with Crippen LogP contribution in [0.2, 0.25) is 0 Å². The van der Waals surface area contributed by atoms with Crippen LogP contribution in [0.5, 0.6) is 0 Å². The molecule has 102 valence electrons. The summed E-state index contributed by atoms with van der Waals surface area (Å²) in [5, 5.41) is 15.1. The molecule has 5 nitrogen and oxygen atoms in total. The summed E-state index contributed by atoms with van der Waals surface area (Å²) < 4.78 is 13.5. The Hall–Kier alpha value is -2.68. The Kier molecular flexibility index (Phi) is 4.11. The van der Waals surface area contributed by atoms with Gasteiger partial charge in [-0.25, -0.2) is 14.4 Å². The second-order valence-corrected chi connectivity index (χ2v) is 4.13. The van der Waals surface area contributed by atoms with Crippen LogP contribution in [0.1, 0.15) is 18.1 Å². The lowest BCUT2D eigenvalue weighted by Crippen LogP contribution is -2.06. The number of halogens is 1. The molecule has 0 aliphatic heterocycles. The first-order valence-electron chi connectivity index (χ1n) is 6.18. The Labute approximate surface area is 116 Å². The zero-order chi connectivity index (χ0) is 14.5. The number of nitrogens with zero attached hydrogens (tertiary/aromatic N) is 3. The minimum absolute atomic E-state index is 0.0319. The van der Waals surface area contributed by atoms with Crippen LogP contribution >= 0.6 is 0 Å². The molecular formula is C14H14FN5. The minimum atomic E-state index is -0.559. The molecule has 1 heterocycles. The van der Waals surface area contributed by atoms with Crippen LogP contribution in [-0.2, 0) is 0 Å². The molecule has 2 rings (SSSR count). The van der Waals surface area contributed by atoms with Gasteiger partial charge in [0.2, 0.25) is 0 Å². The highest BCUT2D eigenvalue weighted by Gasteiger charge is 2.11. The summed E-state index contributed by atoms with van der Waals surface area (Å²) in [6.07, 6.45) is 1.42. The van der Waals surface area contributed by atoms with Gasteiger partial charge in [0.05, 0.1) is 5.69 Å². The molecule has 0 aliphatic rings. The normalized spacial score (nSPS) is 9.90. The van der Waals surface area contributed by atoms with Gasteiger partial charge in [0.25, 0.3) is 0 Å². The molecule has 0 saturated heterocycles. The van der Waals surface area contributed by atoms with E-state index in [9.17, 15) is 4.39 Å². The van der Waals surface area contributed by atoms with E-state index in [0.717, 1.165) is 12.1 Å². The average molecular weight is 271 g/mol. The van der Waals surface area contributed by atoms with Crippen LogP contribution in [-0.4, -0.2) is 16.5 Å². The molecule has 20 heavy (non-hydrogen) atoms. The molecule has 0 fully saturated rings. The Morgan fingerprint density at radius 3 is 2.75 bits per heavy atom. The molecule has 0 radical (unpaired) electrons. The van der Waals surface area contributed by atoms with E-state index in [-0.39, 0.29) is 5.56 Å². The first-order chi connectivity index (χ1) is 9.67. The van der Waals surface area contributed by atoms with Crippen molar-refractivity contribution >= 4 is 17.3 Å². The maximum Gasteiger partial charge on any atom is 0.143 e. The molecule has 0 spiro atoms. The van der Waals surface area contributed by atoms with E-state index in [1.807, 2.05) is 19.9 Å². The number of hydrogen-bond donors (Lipinski definition) is 2.